The Hall–Kier alpha value is -0.910. The van der Waals surface area contributed by atoms with Crippen LogP contribution in [-0.2, 0) is 9.53 Å². The molecule has 0 fully saturated rings. The molecular formula is C10H20N4O2S. The number of rotatable bonds is 10. The second kappa shape index (κ2) is 11.6. The Kier molecular flexibility index (Phi) is 11.0. The van der Waals surface area contributed by atoms with Crippen molar-refractivity contribution in [2.75, 3.05) is 31.7 Å². The number of hydrogen-bond donors (Lipinski definition) is 1. The van der Waals surface area contributed by atoms with Crippen molar-refractivity contribution in [1.29, 1.82) is 0 Å². The highest BCUT2D eigenvalue weighted by atomic mass is 32.2. The van der Waals surface area contributed by atoms with E-state index in [-0.39, 0.29) is 12.0 Å². The topological polar surface area (TPSA) is 87.1 Å². The summed E-state index contributed by atoms with van der Waals surface area (Å²) in [4.78, 5) is 14.3. The zero-order chi connectivity index (χ0) is 12.9. The molecule has 0 saturated heterocycles. The van der Waals surface area contributed by atoms with Gasteiger partial charge in [-0.25, -0.2) is 0 Å². The molecule has 0 aliphatic heterocycles. The molecule has 1 N–H and O–H groups in total. The van der Waals surface area contributed by atoms with Crippen LogP contribution in [0.3, 0.4) is 0 Å². The van der Waals surface area contributed by atoms with Crippen LogP contribution in [0.2, 0.25) is 0 Å². The van der Waals surface area contributed by atoms with Gasteiger partial charge in [-0.05, 0) is 37.3 Å². The summed E-state index contributed by atoms with van der Waals surface area (Å²) in [6, 6.07) is -0.295. The summed E-state index contributed by atoms with van der Waals surface area (Å²) in [5.74, 6) is 0.794. The Bertz CT molecular complexity index is 257. The van der Waals surface area contributed by atoms with Gasteiger partial charge >= 0.3 is 5.97 Å². The Morgan fingerprint density at radius 1 is 1.65 bits per heavy atom. The smallest absolute Gasteiger partial charge is 0.323 e. The number of thioether (sulfide) groups is 1. The van der Waals surface area contributed by atoms with Crippen LogP contribution in [0.25, 0.3) is 10.4 Å². The molecule has 0 aromatic rings. The molecule has 6 nitrogen and oxygen atoms in total. The first kappa shape index (κ1) is 16.1. The largest absolute Gasteiger partial charge is 0.465 e. The van der Waals surface area contributed by atoms with E-state index in [1.807, 2.05) is 6.26 Å². The molecule has 0 aromatic heterocycles. The number of ether oxygens (including phenoxy) is 1. The maximum atomic E-state index is 11.6. The third-order valence-corrected chi connectivity index (χ3v) is 2.78. The summed E-state index contributed by atoms with van der Waals surface area (Å²) in [6.45, 7) is 3.01. The number of nitrogens with zero attached hydrogens (tertiary/aromatic N) is 3. The van der Waals surface area contributed by atoms with Gasteiger partial charge in [-0.1, -0.05) is 5.11 Å². The van der Waals surface area contributed by atoms with Crippen molar-refractivity contribution < 1.29 is 9.53 Å². The molecule has 0 radical (unpaired) electrons. The minimum atomic E-state index is -0.295. The maximum Gasteiger partial charge on any atom is 0.323 e. The van der Waals surface area contributed by atoms with Gasteiger partial charge in [0.2, 0.25) is 0 Å². The van der Waals surface area contributed by atoms with E-state index in [1.165, 1.54) is 0 Å². The molecule has 0 aliphatic rings. The fraction of sp³-hybridized carbons (Fsp3) is 0.900. The van der Waals surface area contributed by atoms with E-state index in [0.29, 0.717) is 19.7 Å². The first-order chi connectivity index (χ1) is 8.26. The van der Waals surface area contributed by atoms with Crippen LogP contribution in [0.4, 0.5) is 0 Å². The average molecular weight is 260 g/mol. The van der Waals surface area contributed by atoms with Gasteiger partial charge in [-0.15, -0.1) is 0 Å². The van der Waals surface area contributed by atoms with Crippen molar-refractivity contribution in [3.05, 3.63) is 10.4 Å². The summed E-state index contributed by atoms with van der Waals surface area (Å²) >= 11 is 1.75. The predicted molar refractivity (Wildman–Crippen MR) is 70.1 cm³/mol. The number of carbonyl (C=O) groups is 1. The molecule has 0 heterocycles. The van der Waals surface area contributed by atoms with E-state index in [1.54, 1.807) is 18.7 Å². The zero-order valence-electron chi connectivity index (χ0n) is 10.4. The number of carbonyl (C=O) groups excluding carboxylic acids is 1. The van der Waals surface area contributed by atoms with Gasteiger partial charge in [0.25, 0.3) is 0 Å². The fourth-order valence-corrected chi connectivity index (χ4v) is 1.77. The fourth-order valence-electron chi connectivity index (χ4n) is 1.31. The van der Waals surface area contributed by atoms with E-state index in [4.69, 9.17) is 10.3 Å². The molecule has 1 unspecified atom stereocenters. The molecule has 0 amide bonds. The summed E-state index contributed by atoms with van der Waals surface area (Å²) in [7, 11) is 0. The quantitative estimate of drug-likeness (QED) is 0.214. The van der Waals surface area contributed by atoms with Crippen LogP contribution < -0.4 is 5.32 Å². The second-order valence-corrected chi connectivity index (χ2v) is 4.33. The predicted octanol–water partition coefficient (Wildman–Crippen LogP) is 1.96. The van der Waals surface area contributed by atoms with Crippen molar-refractivity contribution in [2.45, 2.75) is 25.8 Å². The molecule has 0 aliphatic carbocycles. The third kappa shape index (κ3) is 8.85. The van der Waals surface area contributed by atoms with Gasteiger partial charge in [0.1, 0.15) is 6.04 Å². The number of esters is 1. The van der Waals surface area contributed by atoms with Crippen LogP contribution in [0.15, 0.2) is 5.11 Å². The van der Waals surface area contributed by atoms with E-state index in [0.717, 1.165) is 18.6 Å². The molecule has 0 spiro atoms. The summed E-state index contributed by atoms with van der Waals surface area (Å²) < 4.78 is 4.98. The SMILES string of the molecule is CCOC(=O)C(CCCSC)NCCN=[N+]=[N-]. The van der Waals surface area contributed by atoms with Crippen molar-refractivity contribution in [3.8, 4) is 0 Å². The Labute approximate surface area is 106 Å². The first-order valence-electron chi connectivity index (χ1n) is 5.66. The summed E-state index contributed by atoms with van der Waals surface area (Å²) in [5, 5.41) is 6.46. The van der Waals surface area contributed by atoms with Gasteiger partial charge in [0.05, 0.1) is 6.61 Å². The number of nitrogens with one attached hydrogen (secondary N) is 1. The molecule has 7 heteroatoms. The monoisotopic (exact) mass is 260 g/mol. The molecule has 1 atom stereocenters. The van der Waals surface area contributed by atoms with Gasteiger partial charge in [0.15, 0.2) is 0 Å². The van der Waals surface area contributed by atoms with Gasteiger partial charge in [0, 0.05) is 18.0 Å². The second-order valence-electron chi connectivity index (χ2n) is 3.35. The highest BCUT2D eigenvalue weighted by Gasteiger charge is 2.17. The molecule has 17 heavy (non-hydrogen) atoms. The minimum Gasteiger partial charge on any atom is -0.465 e. The van der Waals surface area contributed by atoms with Crippen LogP contribution >= 0.6 is 11.8 Å². The number of azide groups is 1. The summed E-state index contributed by atoms with van der Waals surface area (Å²) in [5.41, 5.74) is 8.13. The van der Waals surface area contributed by atoms with Crippen molar-refractivity contribution in [2.24, 2.45) is 5.11 Å². The van der Waals surface area contributed by atoms with Crippen molar-refractivity contribution in [3.63, 3.8) is 0 Å². The maximum absolute atomic E-state index is 11.6. The zero-order valence-corrected chi connectivity index (χ0v) is 11.2. The Balaban J connectivity index is 4.00. The van der Waals surface area contributed by atoms with E-state index >= 15 is 0 Å². The highest BCUT2D eigenvalue weighted by molar-refractivity contribution is 7.98. The minimum absolute atomic E-state index is 0.227. The third-order valence-electron chi connectivity index (χ3n) is 2.08. The lowest BCUT2D eigenvalue weighted by Gasteiger charge is -2.16. The molecule has 0 rings (SSSR count). The number of hydrogen-bond acceptors (Lipinski definition) is 5. The van der Waals surface area contributed by atoms with Crippen LogP contribution in [-0.4, -0.2) is 43.7 Å². The molecule has 0 bridgehead atoms. The molecule has 0 saturated carbocycles. The van der Waals surface area contributed by atoms with Crippen LogP contribution in [0, 0.1) is 0 Å². The van der Waals surface area contributed by atoms with Gasteiger partial charge < -0.3 is 10.1 Å². The molecular weight excluding hydrogens is 240 g/mol. The molecule has 98 valence electrons. The van der Waals surface area contributed by atoms with Gasteiger partial charge in [-0.3, -0.25) is 4.79 Å². The van der Waals surface area contributed by atoms with E-state index in [9.17, 15) is 4.79 Å². The normalized spacial score (nSPS) is 11.6. The van der Waals surface area contributed by atoms with E-state index in [2.05, 4.69) is 15.3 Å². The van der Waals surface area contributed by atoms with E-state index < -0.39 is 0 Å². The van der Waals surface area contributed by atoms with Gasteiger partial charge in [-0.2, -0.15) is 11.8 Å². The lowest BCUT2D eigenvalue weighted by Crippen LogP contribution is -2.39. The molecule has 0 aromatic carbocycles. The van der Waals surface area contributed by atoms with Crippen LogP contribution in [0.1, 0.15) is 19.8 Å². The Morgan fingerprint density at radius 2 is 2.41 bits per heavy atom. The van der Waals surface area contributed by atoms with Crippen LogP contribution in [0.5, 0.6) is 0 Å². The Morgan fingerprint density at radius 3 is 3.00 bits per heavy atom. The first-order valence-corrected chi connectivity index (χ1v) is 7.05. The lowest BCUT2D eigenvalue weighted by atomic mass is 10.1. The average Bonchev–Trinajstić information content (AvgIpc) is 2.32. The van der Waals surface area contributed by atoms with Crippen molar-refractivity contribution >= 4 is 17.7 Å². The summed E-state index contributed by atoms with van der Waals surface area (Å²) in [6.07, 6.45) is 3.74. The standard InChI is InChI=1S/C10H20N4O2S/c1-3-16-10(15)9(5-4-8-17-2)12-6-7-13-14-11/h9,12H,3-8H2,1-2H3. The lowest BCUT2D eigenvalue weighted by molar-refractivity contribution is -0.145. The highest BCUT2D eigenvalue weighted by Crippen LogP contribution is 2.04. The van der Waals surface area contributed by atoms with Crippen molar-refractivity contribution in [1.82, 2.24) is 5.32 Å².